The molecular formula is C17H35NO2. The molecule has 1 aliphatic rings. The third kappa shape index (κ3) is 6.55. The van der Waals surface area contributed by atoms with Gasteiger partial charge in [0.25, 0.3) is 0 Å². The first-order chi connectivity index (χ1) is 9.19. The Hall–Kier alpha value is -0.120. The molecule has 1 rings (SSSR count). The van der Waals surface area contributed by atoms with E-state index in [-0.39, 0.29) is 5.54 Å². The van der Waals surface area contributed by atoms with Crippen LogP contribution in [-0.4, -0.2) is 36.0 Å². The minimum atomic E-state index is -0.417. The van der Waals surface area contributed by atoms with Gasteiger partial charge in [-0.05, 0) is 51.4 Å². The normalized spacial score (nSPS) is 29.7. The van der Waals surface area contributed by atoms with Crippen LogP contribution < -0.4 is 5.32 Å². The van der Waals surface area contributed by atoms with E-state index in [4.69, 9.17) is 4.74 Å². The van der Waals surface area contributed by atoms with Crippen LogP contribution in [0.1, 0.15) is 60.8 Å². The van der Waals surface area contributed by atoms with Gasteiger partial charge in [-0.15, -0.1) is 0 Å². The van der Waals surface area contributed by atoms with Gasteiger partial charge in [-0.2, -0.15) is 0 Å². The first-order valence-electron chi connectivity index (χ1n) is 8.23. The highest BCUT2D eigenvalue weighted by molar-refractivity contribution is 4.82. The fourth-order valence-corrected chi connectivity index (χ4v) is 3.02. The molecule has 2 N–H and O–H groups in total. The summed E-state index contributed by atoms with van der Waals surface area (Å²) in [5.41, 5.74) is 0.0425. The fourth-order valence-electron chi connectivity index (χ4n) is 3.02. The second-order valence-electron chi connectivity index (χ2n) is 7.98. The smallest absolute Gasteiger partial charge is 0.0898 e. The first kappa shape index (κ1) is 17.9. The predicted molar refractivity (Wildman–Crippen MR) is 84.8 cm³/mol. The van der Waals surface area contributed by atoms with Crippen molar-refractivity contribution in [3.63, 3.8) is 0 Å². The van der Waals surface area contributed by atoms with Gasteiger partial charge in [-0.25, -0.2) is 0 Å². The molecule has 0 saturated heterocycles. The number of rotatable bonds is 6. The van der Waals surface area contributed by atoms with Crippen LogP contribution in [0.15, 0.2) is 0 Å². The summed E-state index contributed by atoms with van der Waals surface area (Å²) in [6, 6.07) is 0. The van der Waals surface area contributed by atoms with E-state index >= 15 is 0 Å². The Morgan fingerprint density at radius 2 is 1.90 bits per heavy atom. The fraction of sp³-hybridized carbons (Fsp3) is 1.00. The summed E-state index contributed by atoms with van der Waals surface area (Å²) in [6.07, 6.45) is 3.63. The summed E-state index contributed by atoms with van der Waals surface area (Å²) < 4.78 is 6.06. The van der Waals surface area contributed by atoms with Crippen molar-refractivity contribution in [2.75, 3.05) is 13.2 Å². The molecule has 0 radical (unpaired) electrons. The van der Waals surface area contributed by atoms with Crippen molar-refractivity contribution in [1.29, 1.82) is 0 Å². The molecule has 20 heavy (non-hydrogen) atoms. The van der Waals surface area contributed by atoms with Crippen molar-refractivity contribution in [2.45, 2.75) is 78.6 Å². The van der Waals surface area contributed by atoms with Gasteiger partial charge in [0.1, 0.15) is 0 Å². The van der Waals surface area contributed by atoms with Gasteiger partial charge in [-0.3, -0.25) is 0 Å². The number of aliphatic hydroxyl groups excluding tert-OH is 1. The SMILES string of the molecule is CC(C)[C@H]1CC[C@H](C)C[C@H]1OC[C@H](O)CNC(C)(C)C. The highest BCUT2D eigenvalue weighted by Crippen LogP contribution is 2.35. The molecule has 1 saturated carbocycles. The first-order valence-corrected chi connectivity index (χ1v) is 8.23. The highest BCUT2D eigenvalue weighted by atomic mass is 16.5. The molecule has 0 bridgehead atoms. The van der Waals surface area contributed by atoms with Crippen molar-refractivity contribution in [1.82, 2.24) is 5.32 Å². The third-order valence-corrected chi connectivity index (χ3v) is 4.33. The summed E-state index contributed by atoms with van der Waals surface area (Å²) in [5, 5.41) is 13.4. The van der Waals surface area contributed by atoms with Gasteiger partial charge >= 0.3 is 0 Å². The van der Waals surface area contributed by atoms with Gasteiger partial charge in [0, 0.05) is 12.1 Å². The lowest BCUT2D eigenvalue weighted by atomic mass is 9.75. The van der Waals surface area contributed by atoms with Crippen LogP contribution in [0, 0.1) is 17.8 Å². The summed E-state index contributed by atoms with van der Waals surface area (Å²) >= 11 is 0. The molecule has 0 unspecified atom stereocenters. The topological polar surface area (TPSA) is 41.5 Å². The van der Waals surface area contributed by atoms with Gasteiger partial charge in [0.2, 0.25) is 0 Å². The van der Waals surface area contributed by atoms with E-state index in [9.17, 15) is 5.11 Å². The molecule has 0 aromatic carbocycles. The zero-order chi connectivity index (χ0) is 15.3. The van der Waals surface area contributed by atoms with Gasteiger partial charge in [-0.1, -0.05) is 27.2 Å². The molecule has 0 heterocycles. The van der Waals surface area contributed by atoms with Crippen molar-refractivity contribution in [2.24, 2.45) is 17.8 Å². The van der Waals surface area contributed by atoms with Gasteiger partial charge in [0.15, 0.2) is 0 Å². The zero-order valence-corrected chi connectivity index (χ0v) is 14.3. The Morgan fingerprint density at radius 3 is 2.45 bits per heavy atom. The Morgan fingerprint density at radius 1 is 1.25 bits per heavy atom. The minimum absolute atomic E-state index is 0.0425. The van der Waals surface area contributed by atoms with E-state index in [0.29, 0.717) is 31.1 Å². The molecule has 3 heteroatoms. The van der Waals surface area contributed by atoms with Crippen molar-refractivity contribution < 1.29 is 9.84 Å². The van der Waals surface area contributed by atoms with Crippen LogP contribution in [0.3, 0.4) is 0 Å². The number of aliphatic hydroxyl groups is 1. The monoisotopic (exact) mass is 285 g/mol. The molecule has 120 valence electrons. The second-order valence-corrected chi connectivity index (χ2v) is 7.98. The highest BCUT2D eigenvalue weighted by Gasteiger charge is 2.31. The number of hydrogen-bond donors (Lipinski definition) is 2. The summed E-state index contributed by atoms with van der Waals surface area (Å²) in [5.74, 6) is 2.06. The average molecular weight is 285 g/mol. The van der Waals surface area contributed by atoms with Gasteiger partial charge in [0.05, 0.1) is 18.8 Å². The molecule has 0 amide bonds. The Balaban J connectivity index is 2.37. The lowest BCUT2D eigenvalue weighted by Gasteiger charge is -2.37. The van der Waals surface area contributed by atoms with Crippen LogP contribution in [-0.2, 0) is 4.74 Å². The number of hydrogen-bond acceptors (Lipinski definition) is 3. The van der Waals surface area contributed by atoms with E-state index in [1.807, 2.05) is 0 Å². The van der Waals surface area contributed by atoms with Crippen LogP contribution in [0.4, 0.5) is 0 Å². The van der Waals surface area contributed by atoms with E-state index in [1.54, 1.807) is 0 Å². The molecule has 0 aromatic heterocycles. The largest absolute Gasteiger partial charge is 0.389 e. The lowest BCUT2D eigenvalue weighted by Crippen LogP contribution is -2.43. The molecule has 1 aliphatic carbocycles. The Labute approximate surface area is 125 Å². The molecule has 0 aromatic rings. The molecule has 0 spiro atoms. The van der Waals surface area contributed by atoms with Crippen LogP contribution in [0.5, 0.6) is 0 Å². The minimum Gasteiger partial charge on any atom is -0.389 e. The zero-order valence-electron chi connectivity index (χ0n) is 14.3. The van der Waals surface area contributed by atoms with Crippen molar-refractivity contribution in [3.05, 3.63) is 0 Å². The predicted octanol–water partition coefficient (Wildman–Crippen LogP) is 3.21. The van der Waals surface area contributed by atoms with Crippen LogP contribution >= 0.6 is 0 Å². The lowest BCUT2D eigenvalue weighted by molar-refractivity contribution is -0.0689. The summed E-state index contributed by atoms with van der Waals surface area (Å²) in [7, 11) is 0. The second kappa shape index (κ2) is 7.77. The molecule has 0 aliphatic heterocycles. The van der Waals surface area contributed by atoms with E-state index in [2.05, 4.69) is 46.9 Å². The maximum Gasteiger partial charge on any atom is 0.0898 e. The van der Waals surface area contributed by atoms with Crippen molar-refractivity contribution in [3.8, 4) is 0 Å². The third-order valence-electron chi connectivity index (χ3n) is 4.33. The Kier molecular flexibility index (Phi) is 6.96. The van der Waals surface area contributed by atoms with Crippen LogP contribution in [0.25, 0.3) is 0 Å². The number of nitrogens with one attached hydrogen (secondary N) is 1. The van der Waals surface area contributed by atoms with E-state index in [0.717, 1.165) is 12.3 Å². The number of ether oxygens (including phenoxy) is 1. The molecule has 3 nitrogen and oxygen atoms in total. The summed E-state index contributed by atoms with van der Waals surface area (Å²) in [4.78, 5) is 0. The molecule has 1 fully saturated rings. The van der Waals surface area contributed by atoms with E-state index < -0.39 is 6.10 Å². The number of β-amino-alcohol motifs (C(OH)–C–C–N with tert-alkyl or cyclic N) is 1. The molecule has 4 atom stereocenters. The maximum atomic E-state index is 10.0. The molecular weight excluding hydrogens is 250 g/mol. The quantitative estimate of drug-likeness (QED) is 0.787. The van der Waals surface area contributed by atoms with Crippen LogP contribution in [0.2, 0.25) is 0 Å². The Bertz CT molecular complexity index is 273. The van der Waals surface area contributed by atoms with Crippen molar-refractivity contribution >= 4 is 0 Å². The summed E-state index contributed by atoms with van der Waals surface area (Å²) in [6.45, 7) is 14.3. The average Bonchev–Trinajstić information content (AvgIpc) is 2.32. The standard InChI is InChI=1S/C17H35NO2/c1-12(2)15-8-7-13(3)9-16(15)20-11-14(19)10-18-17(4,5)6/h12-16,18-19H,7-11H2,1-6H3/t13-,14+,15+,16+/m0/s1. The maximum absolute atomic E-state index is 10.0. The van der Waals surface area contributed by atoms with E-state index in [1.165, 1.54) is 12.8 Å². The van der Waals surface area contributed by atoms with Gasteiger partial charge < -0.3 is 15.2 Å².